The molecule has 0 aliphatic rings. The van der Waals surface area contributed by atoms with Gasteiger partial charge in [-0.25, -0.2) is 4.98 Å². The Balaban J connectivity index is 1.97. The topological polar surface area (TPSA) is 46.9 Å². The lowest BCUT2D eigenvalue weighted by molar-refractivity contribution is 0.0941. The zero-order valence-electron chi connectivity index (χ0n) is 12.9. The molecule has 1 aromatic heterocycles. The molecule has 1 N–H and O–H groups in total. The van der Waals surface area contributed by atoms with Gasteiger partial charge in [0.25, 0.3) is 5.91 Å². The van der Waals surface area contributed by atoms with E-state index in [4.69, 9.17) is 23.2 Å². The number of nitrogens with zero attached hydrogens (tertiary/aromatic N) is 2. The van der Waals surface area contributed by atoms with Crippen molar-refractivity contribution >= 4 is 29.1 Å². The number of aryl methyl sites for hydroxylation is 1. The largest absolute Gasteiger partial charge is 0.338 e. The van der Waals surface area contributed by atoms with Gasteiger partial charge in [-0.2, -0.15) is 0 Å². The Kier molecular flexibility index (Phi) is 4.88. The predicted octanol–water partition coefficient (Wildman–Crippen LogP) is 4.25. The predicted molar refractivity (Wildman–Crippen MR) is 95.4 cm³/mol. The normalized spacial score (nSPS) is 12.0. The molecule has 1 heterocycles. The Morgan fingerprint density at radius 3 is 2.58 bits per heavy atom. The number of imidazole rings is 1. The first-order valence-electron chi connectivity index (χ1n) is 7.34. The van der Waals surface area contributed by atoms with E-state index in [2.05, 4.69) is 10.3 Å². The van der Waals surface area contributed by atoms with Crippen LogP contribution in [0, 0.1) is 0 Å². The van der Waals surface area contributed by atoms with E-state index in [9.17, 15) is 4.79 Å². The van der Waals surface area contributed by atoms with E-state index in [-0.39, 0.29) is 5.91 Å². The first-order valence-corrected chi connectivity index (χ1v) is 8.10. The van der Waals surface area contributed by atoms with Crippen LogP contribution in [-0.4, -0.2) is 15.5 Å². The van der Waals surface area contributed by atoms with Crippen LogP contribution in [0.15, 0.2) is 60.9 Å². The molecule has 3 aromatic rings. The summed E-state index contributed by atoms with van der Waals surface area (Å²) in [6.45, 7) is 0. The number of benzene rings is 2. The van der Waals surface area contributed by atoms with Gasteiger partial charge in [0.2, 0.25) is 0 Å². The minimum atomic E-state index is -0.395. The molecule has 0 bridgehead atoms. The van der Waals surface area contributed by atoms with E-state index >= 15 is 0 Å². The highest BCUT2D eigenvalue weighted by Gasteiger charge is 2.22. The third-order valence-corrected chi connectivity index (χ3v) is 4.26. The minimum absolute atomic E-state index is 0.306. The quantitative estimate of drug-likeness (QED) is 0.756. The number of carbonyl (C=O) groups is 1. The Bertz CT molecular complexity index is 862. The molecule has 2 aromatic carbocycles. The Labute approximate surface area is 150 Å². The Morgan fingerprint density at radius 1 is 1.17 bits per heavy atom. The fourth-order valence-corrected chi connectivity index (χ4v) is 2.85. The van der Waals surface area contributed by atoms with Crippen LogP contribution in [0.25, 0.3) is 0 Å². The average Bonchev–Trinajstić information content (AvgIpc) is 3.01. The maximum atomic E-state index is 12.7. The van der Waals surface area contributed by atoms with Gasteiger partial charge in [0.1, 0.15) is 11.9 Å². The molecule has 0 aliphatic carbocycles. The Morgan fingerprint density at radius 2 is 1.92 bits per heavy atom. The average molecular weight is 360 g/mol. The lowest BCUT2D eigenvalue weighted by Gasteiger charge is -2.19. The monoisotopic (exact) mass is 359 g/mol. The summed E-state index contributed by atoms with van der Waals surface area (Å²) >= 11 is 12.1. The van der Waals surface area contributed by atoms with Gasteiger partial charge in [0.05, 0.1) is 10.6 Å². The van der Waals surface area contributed by atoms with Crippen molar-refractivity contribution in [2.45, 2.75) is 6.04 Å². The SMILES string of the molecule is Cn1ccnc1[C@@H](NC(=O)c1cc(Cl)ccc1Cl)c1ccccc1. The molecular weight excluding hydrogens is 345 g/mol. The molecule has 4 nitrogen and oxygen atoms in total. The van der Waals surface area contributed by atoms with Crippen LogP contribution < -0.4 is 5.32 Å². The molecule has 0 aliphatic heterocycles. The summed E-state index contributed by atoms with van der Waals surface area (Å²) in [4.78, 5) is 17.1. The van der Waals surface area contributed by atoms with Crippen LogP contribution in [0.5, 0.6) is 0 Å². The summed E-state index contributed by atoms with van der Waals surface area (Å²) in [5, 5.41) is 3.80. The fraction of sp³-hybridized carbons (Fsp3) is 0.111. The van der Waals surface area contributed by atoms with Crippen LogP contribution in [0.4, 0.5) is 0 Å². The van der Waals surface area contributed by atoms with Crippen molar-refractivity contribution in [1.82, 2.24) is 14.9 Å². The van der Waals surface area contributed by atoms with Crippen molar-refractivity contribution < 1.29 is 4.79 Å². The third-order valence-electron chi connectivity index (χ3n) is 3.70. The molecule has 24 heavy (non-hydrogen) atoms. The number of hydrogen-bond acceptors (Lipinski definition) is 2. The molecule has 122 valence electrons. The maximum absolute atomic E-state index is 12.7. The van der Waals surface area contributed by atoms with E-state index in [0.717, 1.165) is 11.4 Å². The van der Waals surface area contributed by atoms with Crippen LogP contribution in [-0.2, 0) is 7.05 Å². The molecule has 0 saturated carbocycles. The van der Waals surface area contributed by atoms with E-state index in [1.165, 1.54) is 0 Å². The molecule has 0 saturated heterocycles. The van der Waals surface area contributed by atoms with Crippen LogP contribution in [0.2, 0.25) is 10.0 Å². The molecule has 3 rings (SSSR count). The molecule has 0 fully saturated rings. The van der Waals surface area contributed by atoms with Crippen molar-refractivity contribution in [2.75, 3.05) is 0 Å². The second kappa shape index (κ2) is 7.07. The standard InChI is InChI=1S/C18H15Cl2N3O/c1-23-10-9-21-17(23)16(12-5-3-2-4-6-12)22-18(24)14-11-13(19)7-8-15(14)20/h2-11,16H,1H3,(H,22,24)/t16-/m0/s1. The van der Waals surface area contributed by atoms with Crippen molar-refractivity contribution in [3.05, 3.63) is 87.9 Å². The lowest BCUT2D eigenvalue weighted by atomic mass is 10.1. The van der Waals surface area contributed by atoms with E-state index in [1.54, 1.807) is 24.4 Å². The van der Waals surface area contributed by atoms with Crippen LogP contribution in [0.1, 0.15) is 27.8 Å². The zero-order chi connectivity index (χ0) is 17.1. The first-order chi connectivity index (χ1) is 11.6. The maximum Gasteiger partial charge on any atom is 0.253 e. The summed E-state index contributed by atoms with van der Waals surface area (Å²) in [5.74, 6) is 0.423. The lowest BCUT2D eigenvalue weighted by Crippen LogP contribution is -2.31. The van der Waals surface area contributed by atoms with Crippen molar-refractivity contribution in [3.8, 4) is 0 Å². The van der Waals surface area contributed by atoms with Gasteiger partial charge in [-0.1, -0.05) is 53.5 Å². The fourth-order valence-electron chi connectivity index (χ4n) is 2.48. The number of nitrogens with one attached hydrogen (secondary N) is 1. The van der Waals surface area contributed by atoms with Gasteiger partial charge in [0.15, 0.2) is 0 Å². The molecular formula is C18H15Cl2N3O. The minimum Gasteiger partial charge on any atom is -0.338 e. The van der Waals surface area contributed by atoms with E-state index in [1.807, 2.05) is 48.1 Å². The molecule has 1 amide bonds. The summed E-state index contributed by atoms with van der Waals surface area (Å²) in [6.07, 6.45) is 3.54. The van der Waals surface area contributed by atoms with Gasteiger partial charge >= 0.3 is 0 Å². The van der Waals surface area contributed by atoms with Crippen molar-refractivity contribution in [1.29, 1.82) is 0 Å². The number of carbonyl (C=O) groups excluding carboxylic acids is 1. The molecule has 1 atom stereocenters. The van der Waals surface area contributed by atoms with Crippen molar-refractivity contribution in [3.63, 3.8) is 0 Å². The van der Waals surface area contributed by atoms with Gasteiger partial charge in [-0.15, -0.1) is 0 Å². The van der Waals surface area contributed by atoms with Gasteiger partial charge < -0.3 is 9.88 Å². The molecule has 6 heteroatoms. The van der Waals surface area contributed by atoms with E-state index in [0.29, 0.717) is 15.6 Å². The highest BCUT2D eigenvalue weighted by atomic mass is 35.5. The number of amides is 1. The summed E-state index contributed by atoms with van der Waals surface area (Å²) < 4.78 is 1.87. The zero-order valence-corrected chi connectivity index (χ0v) is 14.4. The van der Waals surface area contributed by atoms with Gasteiger partial charge in [-0.05, 0) is 23.8 Å². The highest BCUT2D eigenvalue weighted by molar-refractivity contribution is 6.35. The van der Waals surface area contributed by atoms with Crippen LogP contribution >= 0.6 is 23.2 Å². The number of hydrogen-bond donors (Lipinski definition) is 1. The van der Waals surface area contributed by atoms with Gasteiger partial charge in [-0.3, -0.25) is 4.79 Å². The number of halogens is 2. The summed E-state index contributed by atoms with van der Waals surface area (Å²) in [5.41, 5.74) is 1.26. The molecule has 0 spiro atoms. The highest BCUT2D eigenvalue weighted by Crippen LogP contribution is 2.24. The molecule has 0 unspecified atom stereocenters. The Hall–Kier alpha value is -2.30. The second-order valence-corrected chi connectivity index (χ2v) is 6.18. The number of rotatable bonds is 4. The smallest absolute Gasteiger partial charge is 0.253 e. The van der Waals surface area contributed by atoms with Gasteiger partial charge in [0, 0.05) is 24.5 Å². The van der Waals surface area contributed by atoms with Crippen LogP contribution in [0.3, 0.4) is 0 Å². The number of aromatic nitrogens is 2. The van der Waals surface area contributed by atoms with E-state index < -0.39 is 6.04 Å². The molecule has 0 radical (unpaired) electrons. The summed E-state index contributed by atoms with van der Waals surface area (Å²) in [6, 6.07) is 14.1. The third kappa shape index (κ3) is 3.45. The second-order valence-electron chi connectivity index (χ2n) is 5.34. The summed E-state index contributed by atoms with van der Waals surface area (Å²) in [7, 11) is 1.89. The van der Waals surface area contributed by atoms with Crippen molar-refractivity contribution in [2.24, 2.45) is 7.05 Å². The first kappa shape index (κ1) is 16.6.